The van der Waals surface area contributed by atoms with Crippen LogP contribution in [0.3, 0.4) is 0 Å². The van der Waals surface area contributed by atoms with Gasteiger partial charge in [-0.05, 0) is 62.1 Å². The Morgan fingerprint density at radius 3 is 2.68 bits per heavy atom. The maximum Gasteiger partial charge on any atom is 0.265 e. The molecule has 1 aliphatic carbocycles. The quantitative estimate of drug-likeness (QED) is 0.469. The van der Waals surface area contributed by atoms with Gasteiger partial charge in [-0.2, -0.15) is 0 Å². The fourth-order valence-corrected chi connectivity index (χ4v) is 5.35. The summed E-state index contributed by atoms with van der Waals surface area (Å²) in [4.78, 5) is 11.6. The minimum Gasteiger partial charge on any atom is -0.349 e. The average molecular weight is 389 g/mol. The van der Waals surface area contributed by atoms with Crippen molar-refractivity contribution in [1.82, 2.24) is 5.43 Å². The van der Waals surface area contributed by atoms with E-state index in [0.717, 1.165) is 17.9 Å². The van der Waals surface area contributed by atoms with E-state index in [9.17, 15) is 4.79 Å². The van der Waals surface area contributed by atoms with E-state index >= 15 is 0 Å². The van der Waals surface area contributed by atoms with E-state index < -0.39 is 0 Å². The molecule has 3 aliphatic rings. The highest BCUT2D eigenvalue weighted by Gasteiger charge is 2.50. The first-order valence-corrected chi connectivity index (χ1v) is 10.6. The lowest BCUT2D eigenvalue weighted by molar-refractivity contribution is -0.334. The number of amides is 1. The molecular weight excluding hydrogens is 356 g/mol. The lowest BCUT2D eigenvalue weighted by Crippen LogP contribution is -2.52. The number of nitrogens with two attached hydrogens (primary N) is 1. The minimum atomic E-state index is -0.297. The highest BCUT2D eigenvalue weighted by atomic mass is 16.8. The van der Waals surface area contributed by atoms with Crippen LogP contribution in [0.15, 0.2) is 24.3 Å². The standard InChI is InChI=1S/C22H32N2O4/c1-13-6-9-16-4-3-5-18-14(2)21(28-22(27-13)19(16)18)26-12-15-7-10-17(11-8-15)20(25)24-23/h7-8,10-11,13-14,16,18-19,21-22H,3-6,9,12,23H2,1-2H3,(H,24,25)/t13-,14+,16?,18?,19?,21?,22?/m0/s1. The molecular formula is C22H32N2O4. The first kappa shape index (κ1) is 19.8. The van der Waals surface area contributed by atoms with Gasteiger partial charge in [0.1, 0.15) is 0 Å². The molecule has 2 saturated heterocycles. The van der Waals surface area contributed by atoms with Crippen molar-refractivity contribution < 1.29 is 19.0 Å². The lowest BCUT2D eigenvalue weighted by Gasteiger charge is -2.50. The molecule has 3 fully saturated rings. The Kier molecular flexibility index (Phi) is 6.01. The number of ether oxygens (including phenoxy) is 3. The molecule has 0 aromatic heterocycles. The maximum absolute atomic E-state index is 11.6. The number of nitrogen functional groups attached to an aromatic ring is 1. The summed E-state index contributed by atoms with van der Waals surface area (Å²) in [6, 6.07) is 7.29. The van der Waals surface area contributed by atoms with Gasteiger partial charge in [-0.15, -0.1) is 0 Å². The Balaban J connectivity index is 1.43. The summed E-state index contributed by atoms with van der Waals surface area (Å²) in [6.07, 6.45) is 6.05. The number of benzene rings is 1. The summed E-state index contributed by atoms with van der Waals surface area (Å²) >= 11 is 0. The second kappa shape index (κ2) is 8.49. The first-order valence-electron chi connectivity index (χ1n) is 10.6. The number of hydrogen-bond donors (Lipinski definition) is 2. The zero-order chi connectivity index (χ0) is 19.7. The summed E-state index contributed by atoms with van der Waals surface area (Å²) < 4.78 is 18.8. The molecule has 1 aromatic rings. The third-order valence-electron chi connectivity index (χ3n) is 6.91. The Morgan fingerprint density at radius 1 is 1.14 bits per heavy atom. The Bertz CT molecular complexity index is 680. The van der Waals surface area contributed by atoms with Crippen molar-refractivity contribution in [3.63, 3.8) is 0 Å². The summed E-state index contributed by atoms with van der Waals surface area (Å²) in [6.45, 7) is 4.86. The van der Waals surface area contributed by atoms with E-state index in [1.54, 1.807) is 12.1 Å². The van der Waals surface area contributed by atoms with Gasteiger partial charge in [0.2, 0.25) is 0 Å². The smallest absolute Gasteiger partial charge is 0.265 e. The van der Waals surface area contributed by atoms with Crippen molar-refractivity contribution in [2.75, 3.05) is 0 Å². The van der Waals surface area contributed by atoms with E-state index in [0.29, 0.717) is 29.9 Å². The average Bonchev–Trinajstić information content (AvgIpc) is 2.88. The maximum atomic E-state index is 11.6. The number of hydrogen-bond acceptors (Lipinski definition) is 5. The van der Waals surface area contributed by atoms with Crippen molar-refractivity contribution in [2.24, 2.45) is 29.5 Å². The van der Waals surface area contributed by atoms with Crippen LogP contribution in [0.25, 0.3) is 0 Å². The summed E-state index contributed by atoms with van der Waals surface area (Å²) in [5.41, 5.74) is 3.68. The van der Waals surface area contributed by atoms with Crippen LogP contribution in [0, 0.1) is 23.7 Å². The van der Waals surface area contributed by atoms with Crippen LogP contribution < -0.4 is 11.3 Å². The lowest BCUT2D eigenvalue weighted by atomic mass is 9.65. The van der Waals surface area contributed by atoms with Crippen LogP contribution in [0.5, 0.6) is 0 Å². The Hall–Kier alpha value is -1.47. The molecule has 28 heavy (non-hydrogen) atoms. The normalized spacial score (nSPS) is 37.6. The molecule has 3 N–H and O–H groups in total. The molecule has 0 spiro atoms. The number of rotatable bonds is 4. The highest BCUT2D eigenvalue weighted by molar-refractivity contribution is 5.93. The van der Waals surface area contributed by atoms with Crippen LogP contribution in [0.1, 0.15) is 61.9 Å². The predicted octanol–water partition coefficient (Wildman–Crippen LogP) is 3.36. The van der Waals surface area contributed by atoms with Gasteiger partial charge < -0.3 is 14.2 Å². The number of hydrazine groups is 1. The van der Waals surface area contributed by atoms with Crippen molar-refractivity contribution >= 4 is 5.91 Å². The van der Waals surface area contributed by atoms with Gasteiger partial charge in [0, 0.05) is 17.4 Å². The SMILES string of the molecule is C[C@H]1C(OCc2ccc(C(=O)NN)cc2)OC2O[C@@H](C)CCC3CCCC1C32. The van der Waals surface area contributed by atoms with Gasteiger partial charge in [0.25, 0.3) is 5.91 Å². The largest absolute Gasteiger partial charge is 0.349 e. The van der Waals surface area contributed by atoms with E-state index in [2.05, 4.69) is 19.3 Å². The summed E-state index contributed by atoms with van der Waals surface area (Å²) in [5, 5.41) is 0. The van der Waals surface area contributed by atoms with E-state index in [1.165, 1.54) is 25.7 Å². The van der Waals surface area contributed by atoms with Crippen molar-refractivity contribution in [3.05, 3.63) is 35.4 Å². The van der Waals surface area contributed by atoms with Gasteiger partial charge in [0.05, 0.1) is 12.7 Å². The third-order valence-corrected chi connectivity index (χ3v) is 6.91. The Morgan fingerprint density at radius 2 is 1.93 bits per heavy atom. The topological polar surface area (TPSA) is 82.8 Å². The molecule has 6 nitrogen and oxygen atoms in total. The van der Waals surface area contributed by atoms with Crippen LogP contribution in [0.4, 0.5) is 0 Å². The monoisotopic (exact) mass is 388 g/mol. The highest BCUT2D eigenvalue weighted by Crippen LogP contribution is 2.50. The second-order valence-electron chi connectivity index (χ2n) is 8.67. The van der Waals surface area contributed by atoms with Gasteiger partial charge in [-0.1, -0.05) is 25.5 Å². The van der Waals surface area contributed by atoms with E-state index in [1.807, 2.05) is 12.1 Å². The molecule has 0 radical (unpaired) electrons. The molecule has 0 bridgehead atoms. The van der Waals surface area contributed by atoms with Gasteiger partial charge in [-0.3, -0.25) is 10.2 Å². The fourth-order valence-electron chi connectivity index (χ4n) is 5.35. The fraction of sp³-hybridized carbons (Fsp3) is 0.682. The molecule has 5 unspecified atom stereocenters. The predicted molar refractivity (Wildman–Crippen MR) is 105 cm³/mol. The zero-order valence-corrected chi connectivity index (χ0v) is 16.8. The molecule has 4 rings (SSSR count). The molecule has 154 valence electrons. The van der Waals surface area contributed by atoms with Gasteiger partial charge in [0.15, 0.2) is 12.6 Å². The number of nitrogens with one attached hydrogen (secondary N) is 1. The summed E-state index contributed by atoms with van der Waals surface area (Å²) in [7, 11) is 0. The van der Waals surface area contributed by atoms with Crippen LogP contribution in [0.2, 0.25) is 0 Å². The van der Waals surface area contributed by atoms with E-state index in [4.69, 9.17) is 20.1 Å². The number of carbonyl (C=O) groups is 1. The van der Waals surface area contributed by atoms with Crippen molar-refractivity contribution in [3.8, 4) is 0 Å². The third kappa shape index (κ3) is 3.96. The molecule has 6 heteroatoms. The zero-order valence-electron chi connectivity index (χ0n) is 16.8. The molecule has 1 amide bonds. The van der Waals surface area contributed by atoms with E-state index in [-0.39, 0.29) is 24.6 Å². The molecule has 7 atom stereocenters. The minimum absolute atomic E-state index is 0.148. The number of carbonyl (C=O) groups excluding carboxylic acids is 1. The van der Waals surface area contributed by atoms with Crippen LogP contribution in [-0.2, 0) is 20.8 Å². The molecule has 2 heterocycles. The van der Waals surface area contributed by atoms with Gasteiger partial charge in [-0.25, -0.2) is 5.84 Å². The molecule has 2 aliphatic heterocycles. The molecule has 1 saturated carbocycles. The summed E-state index contributed by atoms with van der Waals surface area (Å²) in [5.74, 6) is 7.05. The second-order valence-corrected chi connectivity index (χ2v) is 8.67. The van der Waals surface area contributed by atoms with Crippen LogP contribution in [-0.4, -0.2) is 24.6 Å². The van der Waals surface area contributed by atoms with Gasteiger partial charge >= 0.3 is 0 Å². The first-order chi connectivity index (χ1) is 13.6. The van der Waals surface area contributed by atoms with Crippen molar-refractivity contribution in [1.29, 1.82) is 0 Å². The van der Waals surface area contributed by atoms with Crippen LogP contribution >= 0.6 is 0 Å². The molecule has 1 aromatic carbocycles. The Labute approximate surface area is 167 Å². The van der Waals surface area contributed by atoms with Crippen molar-refractivity contribution in [2.45, 2.75) is 71.2 Å².